The summed E-state index contributed by atoms with van der Waals surface area (Å²) < 4.78 is 33.7. The van der Waals surface area contributed by atoms with Gasteiger partial charge in [-0.25, -0.2) is 8.42 Å². The molecule has 1 heterocycles. The molecule has 1 aliphatic heterocycles. The predicted molar refractivity (Wildman–Crippen MR) is 113 cm³/mol. The zero-order valence-corrected chi connectivity index (χ0v) is 17.8. The number of benzene rings is 2. The van der Waals surface area contributed by atoms with Gasteiger partial charge in [-0.05, 0) is 58.3 Å². The predicted octanol–water partition coefficient (Wildman–Crippen LogP) is 2.02. The van der Waals surface area contributed by atoms with E-state index >= 15 is 0 Å². The lowest BCUT2D eigenvalue weighted by Gasteiger charge is -2.34. The molecule has 2 aromatic carbocycles. The van der Waals surface area contributed by atoms with E-state index in [1.807, 2.05) is 25.9 Å². The van der Waals surface area contributed by atoms with Crippen molar-refractivity contribution in [3.05, 3.63) is 54.1 Å². The Morgan fingerprint density at radius 2 is 1.86 bits per heavy atom. The monoisotopic (exact) mass is 417 g/mol. The molecule has 0 unspecified atom stereocenters. The summed E-state index contributed by atoms with van der Waals surface area (Å²) >= 11 is 0. The van der Waals surface area contributed by atoms with Gasteiger partial charge in [-0.2, -0.15) is 0 Å². The summed E-state index contributed by atoms with van der Waals surface area (Å²) in [5.74, 6) is 0.0604. The number of amides is 1. The third-order valence-electron chi connectivity index (χ3n) is 4.72. The molecule has 0 saturated heterocycles. The maximum atomic E-state index is 13.3. The minimum atomic E-state index is -3.83. The number of sulfonamides is 1. The Labute approximate surface area is 172 Å². The maximum Gasteiger partial charge on any atom is 0.264 e. The first-order valence-electron chi connectivity index (χ1n) is 9.56. The van der Waals surface area contributed by atoms with Crippen LogP contribution in [0.25, 0.3) is 0 Å². The molecule has 0 bridgehead atoms. The topological polar surface area (TPSA) is 79.0 Å². The number of nitrogens with zero attached hydrogens (tertiary/aromatic N) is 2. The number of aryl methyl sites for hydroxylation is 1. The Balaban J connectivity index is 1.83. The fraction of sp³-hybridized carbons (Fsp3) is 0.381. The molecular formula is C21H27N3O4S. The smallest absolute Gasteiger partial charge is 0.264 e. The number of carbonyl (C=O) groups excluding carboxylic acids is 1. The Morgan fingerprint density at radius 3 is 2.55 bits per heavy atom. The quantitative estimate of drug-likeness (QED) is 0.698. The number of carbonyl (C=O) groups is 1. The van der Waals surface area contributed by atoms with Crippen molar-refractivity contribution in [2.24, 2.45) is 0 Å². The van der Waals surface area contributed by atoms with Gasteiger partial charge >= 0.3 is 0 Å². The van der Waals surface area contributed by atoms with Crippen LogP contribution in [0.5, 0.6) is 5.75 Å². The van der Waals surface area contributed by atoms with E-state index in [-0.39, 0.29) is 17.3 Å². The molecule has 7 nitrogen and oxygen atoms in total. The molecule has 2 aromatic rings. The van der Waals surface area contributed by atoms with E-state index in [4.69, 9.17) is 4.74 Å². The Morgan fingerprint density at radius 1 is 1.17 bits per heavy atom. The van der Waals surface area contributed by atoms with Crippen molar-refractivity contribution in [2.75, 3.05) is 38.0 Å². The Bertz CT molecular complexity index is 958. The summed E-state index contributed by atoms with van der Waals surface area (Å²) in [7, 11) is 0.110. The van der Waals surface area contributed by atoms with Crippen LogP contribution in [-0.4, -0.2) is 59.1 Å². The molecule has 156 valence electrons. The fourth-order valence-corrected chi connectivity index (χ4v) is 4.60. The molecule has 1 atom stereocenters. The lowest BCUT2D eigenvalue weighted by atomic mass is 10.2. The summed E-state index contributed by atoms with van der Waals surface area (Å²) in [5.41, 5.74) is 1.41. The van der Waals surface area contributed by atoms with Crippen LogP contribution in [0.15, 0.2) is 53.4 Å². The first-order valence-corrected chi connectivity index (χ1v) is 11.0. The third kappa shape index (κ3) is 4.89. The molecule has 1 aliphatic rings. The average molecular weight is 418 g/mol. The van der Waals surface area contributed by atoms with E-state index in [0.29, 0.717) is 18.0 Å². The molecule has 0 spiro atoms. The molecule has 29 heavy (non-hydrogen) atoms. The number of anilines is 1. The minimum absolute atomic E-state index is 0.0766. The number of nitrogens with one attached hydrogen (secondary N) is 1. The van der Waals surface area contributed by atoms with Gasteiger partial charge in [0.25, 0.3) is 15.9 Å². The Hall–Kier alpha value is -2.58. The van der Waals surface area contributed by atoms with Crippen molar-refractivity contribution in [1.82, 2.24) is 10.2 Å². The minimum Gasteiger partial charge on any atom is -0.476 e. The van der Waals surface area contributed by atoms with Gasteiger partial charge in [0.1, 0.15) is 5.75 Å². The van der Waals surface area contributed by atoms with Crippen LogP contribution in [0.4, 0.5) is 5.69 Å². The van der Waals surface area contributed by atoms with Crippen molar-refractivity contribution in [3.8, 4) is 5.75 Å². The summed E-state index contributed by atoms with van der Waals surface area (Å²) in [6.45, 7) is 3.18. The third-order valence-corrected chi connectivity index (χ3v) is 6.51. The normalized spacial score (nSPS) is 16.3. The zero-order valence-electron chi connectivity index (χ0n) is 17.0. The van der Waals surface area contributed by atoms with Crippen LogP contribution in [0.3, 0.4) is 0 Å². The first kappa shape index (κ1) is 21.1. The second kappa shape index (κ2) is 8.84. The number of hydrogen-bond acceptors (Lipinski definition) is 5. The van der Waals surface area contributed by atoms with Crippen molar-refractivity contribution >= 4 is 21.6 Å². The van der Waals surface area contributed by atoms with E-state index in [0.717, 1.165) is 18.5 Å². The van der Waals surface area contributed by atoms with Crippen LogP contribution in [0.1, 0.15) is 12.0 Å². The van der Waals surface area contributed by atoms with Gasteiger partial charge < -0.3 is 15.0 Å². The highest BCUT2D eigenvalue weighted by atomic mass is 32.2. The first-order chi connectivity index (χ1) is 13.8. The molecule has 3 rings (SSSR count). The van der Waals surface area contributed by atoms with Crippen LogP contribution in [0.2, 0.25) is 0 Å². The van der Waals surface area contributed by atoms with E-state index in [1.165, 1.54) is 4.31 Å². The fourth-order valence-electron chi connectivity index (χ4n) is 3.12. The molecule has 8 heteroatoms. The molecule has 0 radical (unpaired) electrons. The van der Waals surface area contributed by atoms with Crippen LogP contribution in [-0.2, 0) is 14.8 Å². The van der Waals surface area contributed by atoms with Crippen molar-refractivity contribution < 1.29 is 17.9 Å². The average Bonchev–Trinajstić information content (AvgIpc) is 2.70. The highest BCUT2D eigenvalue weighted by Gasteiger charge is 2.37. The maximum absolute atomic E-state index is 13.3. The number of hydrogen-bond donors (Lipinski definition) is 1. The van der Waals surface area contributed by atoms with Crippen LogP contribution in [0, 0.1) is 6.92 Å². The van der Waals surface area contributed by atoms with E-state index in [9.17, 15) is 13.2 Å². The highest BCUT2D eigenvalue weighted by Crippen LogP contribution is 2.36. The van der Waals surface area contributed by atoms with Crippen molar-refractivity contribution in [2.45, 2.75) is 24.3 Å². The molecule has 0 aromatic heterocycles. The second-order valence-electron chi connectivity index (χ2n) is 7.37. The number of ether oxygens (including phenoxy) is 1. The van der Waals surface area contributed by atoms with Gasteiger partial charge in [-0.15, -0.1) is 0 Å². The standard InChI is InChI=1S/C21H27N3O4S/c1-16-9-11-17(12-10-16)29(26,27)24-15-20(21(25)22-13-6-14-23(2)3)28-19-8-5-4-7-18(19)24/h4-5,7-12,20H,6,13-15H2,1-3H3,(H,22,25)/t20-/m0/s1. The number of rotatable bonds is 7. The van der Waals surface area contributed by atoms with Crippen LogP contribution < -0.4 is 14.4 Å². The summed E-state index contributed by atoms with van der Waals surface area (Å²) in [6, 6.07) is 13.6. The molecule has 0 aliphatic carbocycles. The van der Waals surface area contributed by atoms with Gasteiger partial charge in [0, 0.05) is 6.54 Å². The number of fused-ring (bicyclic) bond motifs is 1. The van der Waals surface area contributed by atoms with E-state index in [1.54, 1.807) is 48.5 Å². The lowest BCUT2D eigenvalue weighted by Crippen LogP contribution is -2.50. The van der Waals surface area contributed by atoms with Gasteiger partial charge in [0.2, 0.25) is 0 Å². The van der Waals surface area contributed by atoms with E-state index < -0.39 is 16.1 Å². The highest BCUT2D eigenvalue weighted by molar-refractivity contribution is 7.92. The largest absolute Gasteiger partial charge is 0.476 e. The number of para-hydroxylation sites is 2. The van der Waals surface area contributed by atoms with Crippen molar-refractivity contribution in [1.29, 1.82) is 0 Å². The molecular weight excluding hydrogens is 390 g/mol. The van der Waals surface area contributed by atoms with Gasteiger partial charge in [0.05, 0.1) is 17.1 Å². The summed E-state index contributed by atoms with van der Waals surface area (Å²) in [4.78, 5) is 14.9. The van der Waals surface area contributed by atoms with Gasteiger partial charge in [-0.1, -0.05) is 29.8 Å². The summed E-state index contributed by atoms with van der Waals surface area (Å²) in [6.07, 6.45) is -0.113. The zero-order chi connectivity index (χ0) is 21.0. The van der Waals surface area contributed by atoms with Gasteiger partial charge in [0.15, 0.2) is 6.10 Å². The van der Waals surface area contributed by atoms with Gasteiger partial charge in [-0.3, -0.25) is 9.10 Å². The lowest BCUT2D eigenvalue weighted by molar-refractivity contribution is -0.127. The molecule has 0 fully saturated rings. The molecule has 0 saturated carbocycles. The molecule has 1 amide bonds. The Kier molecular flexibility index (Phi) is 6.44. The SMILES string of the molecule is Cc1ccc(S(=O)(=O)N2C[C@@H](C(=O)NCCCN(C)C)Oc3ccccc32)cc1. The van der Waals surface area contributed by atoms with Crippen LogP contribution >= 0.6 is 0 Å². The summed E-state index contributed by atoms with van der Waals surface area (Å²) in [5, 5.41) is 2.85. The molecule has 1 N–H and O–H groups in total. The van der Waals surface area contributed by atoms with E-state index in [2.05, 4.69) is 5.32 Å². The second-order valence-corrected chi connectivity index (χ2v) is 9.23. The van der Waals surface area contributed by atoms with Crippen molar-refractivity contribution in [3.63, 3.8) is 0 Å².